The summed E-state index contributed by atoms with van der Waals surface area (Å²) in [6.07, 6.45) is 2.90. The first-order valence-corrected chi connectivity index (χ1v) is 5.86. The number of phenolic OH excluding ortho intramolecular Hbond substituents is 1. The number of phenols is 1. The van der Waals surface area contributed by atoms with Gasteiger partial charge in [0.1, 0.15) is 11.5 Å². The third-order valence-electron chi connectivity index (χ3n) is 2.51. The van der Waals surface area contributed by atoms with Gasteiger partial charge < -0.3 is 9.84 Å². The van der Waals surface area contributed by atoms with Crippen LogP contribution in [0.2, 0.25) is 0 Å². The van der Waals surface area contributed by atoms with Crippen molar-refractivity contribution >= 4 is 12.0 Å². The van der Waals surface area contributed by atoms with Crippen LogP contribution >= 0.6 is 0 Å². The molecule has 0 aliphatic heterocycles. The lowest BCUT2D eigenvalue weighted by atomic mass is 10.1. The lowest BCUT2D eigenvalue weighted by Crippen LogP contribution is -2.03. The molecule has 0 saturated heterocycles. The Morgan fingerprint density at radius 3 is 2.35 bits per heavy atom. The van der Waals surface area contributed by atoms with Crippen LogP contribution in [0, 0.1) is 11.3 Å². The molecule has 0 unspecified atom stereocenters. The van der Waals surface area contributed by atoms with E-state index in [1.807, 2.05) is 6.07 Å². The average Bonchev–Trinajstić information content (AvgIpc) is 2.48. The first kappa shape index (κ1) is 13.4. The number of carbonyl (C=O) groups is 1. The second-order valence-electron chi connectivity index (χ2n) is 3.98. The molecule has 2 rings (SSSR count). The van der Waals surface area contributed by atoms with Crippen LogP contribution in [0.3, 0.4) is 0 Å². The highest BCUT2D eigenvalue weighted by Gasteiger charge is 2.00. The quantitative estimate of drug-likeness (QED) is 0.526. The maximum atomic E-state index is 11.6. The molecule has 98 valence electrons. The minimum atomic E-state index is -0.514. The Kier molecular flexibility index (Phi) is 4.15. The van der Waals surface area contributed by atoms with Crippen LogP contribution < -0.4 is 4.74 Å². The van der Waals surface area contributed by atoms with Gasteiger partial charge in [-0.25, -0.2) is 4.79 Å². The summed E-state index contributed by atoms with van der Waals surface area (Å²) < 4.78 is 5.05. The maximum absolute atomic E-state index is 11.6. The molecule has 0 radical (unpaired) electrons. The van der Waals surface area contributed by atoms with E-state index in [-0.39, 0.29) is 5.75 Å². The van der Waals surface area contributed by atoms with Crippen LogP contribution in [0.5, 0.6) is 11.5 Å². The number of aromatic hydroxyl groups is 1. The summed E-state index contributed by atoms with van der Waals surface area (Å²) in [5.41, 5.74) is 1.36. The second-order valence-corrected chi connectivity index (χ2v) is 3.98. The fourth-order valence-corrected chi connectivity index (χ4v) is 1.50. The van der Waals surface area contributed by atoms with Crippen molar-refractivity contribution in [3.8, 4) is 17.6 Å². The van der Waals surface area contributed by atoms with Crippen LogP contribution in [-0.4, -0.2) is 11.1 Å². The van der Waals surface area contributed by atoms with Crippen LogP contribution in [0.4, 0.5) is 0 Å². The number of esters is 1. The molecule has 2 aromatic rings. The predicted molar refractivity (Wildman–Crippen MR) is 73.9 cm³/mol. The molecule has 0 fully saturated rings. The average molecular weight is 265 g/mol. The van der Waals surface area contributed by atoms with Gasteiger partial charge in [0, 0.05) is 6.08 Å². The highest BCUT2D eigenvalue weighted by molar-refractivity contribution is 5.88. The predicted octanol–water partition coefficient (Wildman–Crippen LogP) is 2.88. The molecule has 0 aromatic heterocycles. The van der Waals surface area contributed by atoms with Crippen molar-refractivity contribution in [2.45, 2.75) is 0 Å². The monoisotopic (exact) mass is 265 g/mol. The topological polar surface area (TPSA) is 70.3 Å². The first-order valence-electron chi connectivity index (χ1n) is 5.86. The van der Waals surface area contributed by atoms with Gasteiger partial charge in [-0.1, -0.05) is 12.1 Å². The standard InChI is InChI=1S/C16H11NO3/c17-11-13-3-1-12(2-4-13)5-10-16(19)20-15-8-6-14(18)7-9-15/h1-10,18H/b10-5+. The van der Waals surface area contributed by atoms with Gasteiger partial charge in [-0.3, -0.25) is 0 Å². The zero-order chi connectivity index (χ0) is 14.4. The Labute approximate surface area is 116 Å². The SMILES string of the molecule is N#Cc1ccc(/C=C/C(=O)Oc2ccc(O)cc2)cc1. The van der Waals surface area contributed by atoms with E-state index >= 15 is 0 Å². The number of hydrogen-bond donors (Lipinski definition) is 1. The Balaban J connectivity index is 1.98. The lowest BCUT2D eigenvalue weighted by Gasteiger charge is -2.00. The Hall–Kier alpha value is -3.06. The molecule has 0 aliphatic carbocycles. The molecule has 0 aliphatic rings. The van der Waals surface area contributed by atoms with Gasteiger partial charge in [0.15, 0.2) is 0 Å². The lowest BCUT2D eigenvalue weighted by molar-refractivity contribution is -0.128. The summed E-state index contributed by atoms with van der Waals surface area (Å²) in [6.45, 7) is 0. The molecule has 0 amide bonds. The molecular weight excluding hydrogens is 254 g/mol. The van der Waals surface area contributed by atoms with Crippen LogP contribution in [-0.2, 0) is 4.79 Å². The molecular formula is C16H11NO3. The molecule has 0 saturated carbocycles. The summed E-state index contributed by atoms with van der Waals surface area (Å²) in [4.78, 5) is 11.6. The van der Waals surface area contributed by atoms with Crippen molar-refractivity contribution in [2.75, 3.05) is 0 Å². The van der Waals surface area contributed by atoms with Gasteiger partial charge in [0.2, 0.25) is 0 Å². The highest BCUT2D eigenvalue weighted by Crippen LogP contribution is 2.16. The summed E-state index contributed by atoms with van der Waals surface area (Å²) in [5, 5.41) is 17.8. The van der Waals surface area contributed by atoms with E-state index in [9.17, 15) is 4.79 Å². The maximum Gasteiger partial charge on any atom is 0.336 e. The van der Waals surface area contributed by atoms with Crippen LogP contribution in [0.1, 0.15) is 11.1 Å². The van der Waals surface area contributed by atoms with E-state index in [4.69, 9.17) is 15.1 Å². The van der Waals surface area contributed by atoms with E-state index in [1.165, 1.54) is 30.3 Å². The van der Waals surface area contributed by atoms with Gasteiger partial charge in [-0.05, 0) is 48.0 Å². The summed E-state index contributed by atoms with van der Waals surface area (Å²) in [5.74, 6) is -0.0461. The van der Waals surface area contributed by atoms with E-state index in [0.717, 1.165) is 5.56 Å². The fraction of sp³-hybridized carbons (Fsp3) is 0. The van der Waals surface area contributed by atoms with E-state index < -0.39 is 5.97 Å². The fourth-order valence-electron chi connectivity index (χ4n) is 1.50. The smallest absolute Gasteiger partial charge is 0.336 e. The van der Waals surface area contributed by atoms with E-state index in [2.05, 4.69) is 0 Å². The number of benzene rings is 2. The van der Waals surface area contributed by atoms with Crippen molar-refractivity contribution in [1.82, 2.24) is 0 Å². The molecule has 0 heterocycles. The largest absolute Gasteiger partial charge is 0.508 e. The summed E-state index contributed by atoms with van der Waals surface area (Å²) >= 11 is 0. The van der Waals surface area contributed by atoms with Crippen molar-refractivity contribution < 1.29 is 14.6 Å². The molecule has 20 heavy (non-hydrogen) atoms. The van der Waals surface area contributed by atoms with E-state index in [0.29, 0.717) is 11.3 Å². The van der Waals surface area contributed by atoms with Crippen LogP contribution in [0.15, 0.2) is 54.6 Å². The number of nitriles is 1. The number of ether oxygens (including phenoxy) is 1. The number of hydrogen-bond acceptors (Lipinski definition) is 4. The summed E-state index contributed by atoms with van der Waals surface area (Å²) in [7, 11) is 0. The summed E-state index contributed by atoms with van der Waals surface area (Å²) in [6, 6.07) is 14.7. The van der Waals surface area contributed by atoms with Crippen molar-refractivity contribution in [3.05, 3.63) is 65.7 Å². The number of nitrogens with zero attached hydrogens (tertiary/aromatic N) is 1. The van der Waals surface area contributed by atoms with Gasteiger partial charge in [0.25, 0.3) is 0 Å². The zero-order valence-corrected chi connectivity index (χ0v) is 10.5. The third-order valence-corrected chi connectivity index (χ3v) is 2.51. The Morgan fingerprint density at radius 1 is 1.10 bits per heavy atom. The number of carbonyl (C=O) groups excluding carboxylic acids is 1. The molecule has 0 bridgehead atoms. The van der Waals surface area contributed by atoms with Gasteiger partial charge in [0.05, 0.1) is 11.6 Å². The first-order chi connectivity index (χ1) is 9.67. The van der Waals surface area contributed by atoms with Crippen molar-refractivity contribution in [3.63, 3.8) is 0 Å². The molecule has 4 nitrogen and oxygen atoms in total. The number of rotatable bonds is 3. The minimum absolute atomic E-state index is 0.109. The van der Waals surface area contributed by atoms with Crippen LogP contribution in [0.25, 0.3) is 6.08 Å². The molecule has 0 spiro atoms. The molecule has 0 atom stereocenters. The third kappa shape index (κ3) is 3.72. The Bertz CT molecular complexity index is 664. The highest BCUT2D eigenvalue weighted by atomic mass is 16.5. The molecule has 2 aromatic carbocycles. The van der Waals surface area contributed by atoms with Gasteiger partial charge in [-0.2, -0.15) is 5.26 Å². The second kappa shape index (κ2) is 6.21. The van der Waals surface area contributed by atoms with Crippen molar-refractivity contribution in [1.29, 1.82) is 5.26 Å². The van der Waals surface area contributed by atoms with Gasteiger partial charge in [-0.15, -0.1) is 0 Å². The van der Waals surface area contributed by atoms with Crippen molar-refractivity contribution in [2.24, 2.45) is 0 Å². The zero-order valence-electron chi connectivity index (χ0n) is 10.5. The van der Waals surface area contributed by atoms with E-state index in [1.54, 1.807) is 30.3 Å². The van der Waals surface area contributed by atoms with Gasteiger partial charge >= 0.3 is 5.97 Å². The molecule has 4 heteroatoms. The minimum Gasteiger partial charge on any atom is -0.508 e. The normalized spacial score (nSPS) is 10.2. The molecule has 1 N–H and O–H groups in total. The Morgan fingerprint density at radius 2 is 1.75 bits per heavy atom.